The van der Waals surface area contributed by atoms with Gasteiger partial charge in [-0.3, -0.25) is 9.59 Å². The van der Waals surface area contributed by atoms with Gasteiger partial charge in [0.1, 0.15) is 0 Å². The van der Waals surface area contributed by atoms with Crippen LogP contribution in [0.25, 0.3) is 0 Å². The molecule has 0 spiro atoms. The molecule has 0 saturated heterocycles. The number of hydrogen-bond donors (Lipinski definition) is 3. The van der Waals surface area contributed by atoms with Crippen molar-refractivity contribution in [1.29, 1.82) is 0 Å². The molecule has 25 heavy (non-hydrogen) atoms. The van der Waals surface area contributed by atoms with Crippen molar-refractivity contribution < 1.29 is 23.5 Å². The molecule has 2 unspecified atom stereocenters. The molecule has 0 aliphatic heterocycles. The van der Waals surface area contributed by atoms with Crippen molar-refractivity contribution in [3.05, 3.63) is 65.2 Å². The van der Waals surface area contributed by atoms with Crippen LogP contribution in [0, 0.1) is 11.6 Å². The minimum Gasteiger partial charge on any atom is -0.386 e. The molecule has 2 aromatic rings. The van der Waals surface area contributed by atoms with Gasteiger partial charge in [0.15, 0.2) is 11.6 Å². The predicted molar refractivity (Wildman–Crippen MR) is 89.0 cm³/mol. The third kappa shape index (κ3) is 4.84. The first-order valence-corrected chi connectivity index (χ1v) is 7.59. The minimum absolute atomic E-state index is 0.160. The second-order valence-electron chi connectivity index (χ2n) is 5.64. The van der Waals surface area contributed by atoms with Crippen LogP contribution in [-0.4, -0.2) is 23.0 Å². The smallest absolute Gasteiger partial charge is 0.251 e. The maximum atomic E-state index is 13.3. The van der Waals surface area contributed by atoms with Crippen LogP contribution in [0.3, 0.4) is 0 Å². The summed E-state index contributed by atoms with van der Waals surface area (Å²) >= 11 is 0. The van der Waals surface area contributed by atoms with Gasteiger partial charge in [-0.2, -0.15) is 0 Å². The van der Waals surface area contributed by atoms with Crippen LogP contribution < -0.4 is 10.6 Å². The van der Waals surface area contributed by atoms with Crippen molar-refractivity contribution in [2.45, 2.75) is 26.0 Å². The van der Waals surface area contributed by atoms with E-state index in [1.54, 1.807) is 19.1 Å². The van der Waals surface area contributed by atoms with Gasteiger partial charge in [0, 0.05) is 18.2 Å². The fraction of sp³-hybridized carbons (Fsp3) is 0.222. The first-order chi connectivity index (χ1) is 11.8. The molecule has 2 aromatic carbocycles. The average molecular weight is 348 g/mol. The van der Waals surface area contributed by atoms with Crippen molar-refractivity contribution in [2.75, 3.05) is 5.32 Å². The monoisotopic (exact) mass is 348 g/mol. The van der Waals surface area contributed by atoms with Crippen LogP contribution in [0.1, 0.15) is 35.9 Å². The highest BCUT2D eigenvalue weighted by Crippen LogP contribution is 2.20. The molecule has 5 nitrogen and oxygen atoms in total. The van der Waals surface area contributed by atoms with Crippen molar-refractivity contribution in [3.8, 4) is 0 Å². The van der Waals surface area contributed by atoms with E-state index in [4.69, 9.17) is 0 Å². The Morgan fingerprint density at radius 2 is 1.68 bits per heavy atom. The molecule has 0 aromatic heterocycles. The number of rotatable bonds is 5. The van der Waals surface area contributed by atoms with Gasteiger partial charge < -0.3 is 15.7 Å². The molecule has 0 aliphatic carbocycles. The number of hydrogen-bond acceptors (Lipinski definition) is 3. The fourth-order valence-electron chi connectivity index (χ4n) is 2.26. The van der Waals surface area contributed by atoms with Gasteiger partial charge in [-0.25, -0.2) is 8.78 Å². The highest BCUT2D eigenvalue weighted by atomic mass is 19.2. The van der Waals surface area contributed by atoms with Crippen molar-refractivity contribution >= 4 is 17.5 Å². The fourth-order valence-corrected chi connectivity index (χ4v) is 2.26. The maximum absolute atomic E-state index is 13.3. The molecule has 0 aliphatic rings. The van der Waals surface area contributed by atoms with Gasteiger partial charge in [0.05, 0.1) is 12.1 Å². The summed E-state index contributed by atoms with van der Waals surface area (Å²) in [4.78, 5) is 23.2. The number of aliphatic hydroxyl groups is 1. The van der Waals surface area contributed by atoms with E-state index < -0.39 is 29.7 Å². The van der Waals surface area contributed by atoms with Gasteiger partial charge in [-0.15, -0.1) is 0 Å². The normalized spacial score (nSPS) is 13.0. The summed E-state index contributed by atoms with van der Waals surface area (Å²) in [7, 11) is 0. The van der Waals surface area contributed by atoms with Crippen LogP contribution in [-0.2, 0) is 4.79 Å². The molecular weight excluding hydrogens is 330 g/mol. The Labute approximate surface area is 143 Å². The lowest BCUT2D eigenvalue weighted by Gasteiger charge is -2.21. The molecule has 2 rings (SSSR count). The quantitative estimate of drug-likeness (QED) is 0.777. The lowest BCUT2D eigenvalue weighted by molar-refractivity contribution is -0.114. The number of halogens is 2. The van der Waals surface area contributed by atoms with E-state index in [1.165, 1.54) is 25.1 Å². The summed E-state index contributed by atoms with van der Waals surface area (Å²) in [5.74, 6) is -2.74. The molecule has 0 bridgehead atoms. The highest BCUT2D eigenvalue weighted by Gasteiger charge is 2.20. The predicted octanol–water partition coefficient (Wildman–Crippen LogP) is 2.78. The molecule has 2 amide bonds. The van der Waals surface area contributed by atoms with Gasteiger partial charge in [-0.1, -0.05) is 6.07 Å². The highest BCUT2D eigenvalue weighted by molar-refractivity contribution is 5.95. The Hall–Kier alpha value is -2.80. The topological polar surface area (TPSA) is 78.4 Å². The van der Waals surface area contributed by atoms with E-state index in [9.17, 15) is 23.5 Å². The molecule has 7 heteroatoms. The van der Waals surface area contributed by atoms with Crippen molar-refractivity contribution in [2.24, 2.45) is 0 Å². The molecule has 2 atom stereocenters. The van der Waals surface area contributed by atoms with Gasteiger partial charge in [0.2, 0.25) is 5.91 Å². The third-order valence-corrected chi connectivity index (χ3v) is 3.59. The summed E-state index contributed by atoms with van der Waals surface area (Å²) < 4.78 is 26.2. The van der Waals surface area contributed by atoms with E-state index in [1.807, 2.05) is 0 Å². The molecular formula is C18H18F2N2O3. The zero-order valence-corrected chi connectivity index (χ0v) is 13.7. The van der Waals surface area contributed by atoms with Crippen LogP contribution in [0.4, 0.5) is 14.5 Å². The standard InChI is InChI=1S/C18H18F2N2O3/c1-10(17(24)13-5-8-15(19)16(20)9-13)21-18(25)12-3-6-14(7-4-12)22-11(2)23/h3-10,17,24H,1-2H3,(H,21,25)(H,22,23). The summed E-state index contributed by atoms with van der Waals surface area (Å²) in [6, 6.07) is 8.54. The van der Waals surface area contributed by atoms with E-state index in [0.29, 0.717) is 11.3 Å². The lowest BCUT2D eigenvalue weighted by atomic mass is 10.0. The zero-order valence-electron chi connectivity index (χ0n) is 13.7. The van der Waals surface area contributed by atoms with Gasteiger partial charge in [0.25, 0.3) is 5.91 Å². The van der Waals surface area contributed by atoms with Gasteiger partial charge >= 0.3 is 0 Å². The summed E-state index contributed by atoms with van der Waals surface area (Å²) in [6.07, 6.45) is -1.20. The Kier molecular flexibility index (Phi) is 5.82. The van der Waals surface area contributed by atoms with Crippen LogP contribution in [0.2, 0.25) is 0 Å². The SMILES string of the molecule is CC(=O)Nc1ccc(C(=O)NC(C)C(O)c2ccc(F)c(F)c2)cc1. The van der Waals surface area contributed by atoms with E-state index in [0.717, 1.165) is 12.1 Å². The Balaban J connectivity index is 2.03. The van der Waals surface area contributed by atoms with Gasteiger partial charge in [-0.05, 0) is 48.9 Å². The minimum atomic E-state index is -1.20. The van der Waals surface area contributed by atoms with E-state index in [2.05, 4.69) is 10.6 Å². The van der Waals surface area contributed by atoms with E-state index >= 15 is 0 Å². The maximum Gasteiger partial charge on any atom is 0.251 e. The first-order valence-electron chi connectivity index (χ1n) is 7.59. The number of carbonyl (C=O) groups excluding carboxylic acids is 2. The van der Waals surface area contributed by atoms with Crippen LogP contribution in [0.5, 0.6) is 0 Å². The summed E-state index contributed by atoms with van der Waals surface area (Å²) in [6.45, 7) is 2.93. The molecule has 0 saturated carbocycles. The second kappa shape index (κ2) is 7.85. The molecule has 3 N–H and O–H groups in total. The Morgan fingerprint density at radius 3 is 2.24 bits per heavy atom. The molecule has 132 valence electrons. The van der Waals surface area contributed by atoms with Crippen LogP contribution in [0.15, 0.2) is 42.5 Å². The number of benzene rings is 2. The Morgan fingerprint density at radius 1 is 1.04 bits per heavy atom. The first kappa shape index (κ1) is 18.5. The average Bonchev–Trinajstić information content (AvgIpc) is 2.56. The van der Waals surface area contributed by atoms with Crippen molar-refractivity contribution in [1.82, 2.24) is 5.32 Å². The number of aliphatic hydroxyl groups excluding tert-OH is 1. The number of carbonyl (C=O) groups is 2. The number of anilines is 1. The molecule has 0 radical (unpaired) electrons. The zero-order chi connectivity index (χ0) is 18.6. The molecule has 0 heterocycles. The van der Waals surface area contributed by atoms with Crippen molar-refractivity contribution in [3.63, 3.8) is 0 Å². The Bertz CT molecular complexity index is 778. The largest absolute Gasteiger partial charge is 0.386 e. The number of nitrogens with one attached hydrogen (secondary N) is 2. The molecule has 0 fully saturated rings. The third-order valence-electron chi connectivity index (χ3n) is 3.59. The van der Waals surface area contributed by atoms with E-state index in [-0.39, 0.29) is 11.5 Å². The van der Waals surface area contributed by atoms with Crippen LogP contribution >= 0.6 is 0 Å². The lowest BCUT2D eigenvalue weighted by Crippen LogP contribution is -2.37. The summed E-state index contributed by atoms with van der Waals surface area (Å²) in [5, 5.41) is 15.4. The number of amides is 2. The summed E-state index contributed by atoms with van der Waals surface area (Å²) in [5.41, 5.74) is 1.05. The second-order valence-corrected chi connectivity index (χ2v) is 5.64.